The first-order chi connectivity index (χ1) is 13.2. The summed E-state index contributed by atoms with van der Waals surface area (Å²) in [6, 6.07) is 5.36. The Labute approximate surface area is 193 Å². The van der Waals surface area contributed by atoms with Gasteiger partial charge in [0.2, 0.25) is 5.88 Å². The molecule has 0 atom stereocenters. The van der Waals surface area contributed by atoms with Gasteiger partial charge in [0, 0.05) is 6.07 Å². The standard InChI is InChI=1S/C15H15ClN4O7S.Na/c1-3-26-13(21)9-6-4-5-7-10(9)27-28(23,24)20-15(22)19-14-17-11(16)8-12(18-14)25-2;/h4-8H,3H2,1-2H3,(H2,17,18,19,20,22);/q;+1/p-1. The van der Waals surface area contributed by atoms with Crippen molar-refractivity contribution in [3.05, 3.63) is 45.8 Å². The van der Waals surface area contributed by atoms with Gasteiger partial charge in [-0.25, -0.2) is 9.78 Å². The molecule has 11 nitrogen and oxygen atoms in total. The van der Waals surface area contributed by atoms with Gasteiger partial charge in [-0.1, -0.05) is 23.7 Å². The van der Waals surface area contributed by atoms with Crippen LogP contribution in [0, 0.1) is 0 Å². The molecule has 1 N–H and O–H groups in total. The van der Waals surface area contributed by atoms with Crippen LogP contribution in [0.25, 0.3) is 4.72 Å². The maximum atomic E-state index is 12.0. The molecule has 0 aliphatic heterocycles. The predicted octanol–water partition coefficient (Wildman–Crippen LogP) is -0.451. The Kier molecular flexibility index (Phi) is 9.59. The number of esters is 1. The van der Waals surface area contributed by atoms with Crippen LogP contribution in [0.4, 0.5) is 10.7 Å². The summed E-state index contributed by atoms with van der Waals surface area (Å²) in [5.41, 5.74) is -0.147. The van der Waals surface area contributed by atoms with Crippen LogP contribution in [0.1, 0.15) is 17.3 Å². The van der Waals surface area contributed by atoms with E-state index in [9.17, 15) is 18.0 Å². The van der Waals surface area contributed by atoms with Crippen LogP contribution >= 0.6 is 11.6 Å². The number of hydrogen-bond acceptors (Lipinski definition) is 9. The van der Waals surface area contributed by atoms with Crippen LogP contribution < -0.4 is 43.8 Å². The van der Waals surface area contributed by atoms with Crippen molar-refractivity contribution in [2.45, 2.75) is 6.92 Å². The number of hydrogen-bond donors (Lipinski definition) is 1. The fourth-order valence-corrected chi connectivity index (χ4v) is 2.66. The van der Waals surface area contributed by atoms with E-state index in [1.807, 2.05) is 5.32 Å². The zero-order valence-corrected chi connectivity index (χ0v) is 19.2. The molecule has 150 valence electrons. The van der Waals surface area contributed by atoms with E-state index in [2.05, 4.69) is 14.7 Å². The molecule has 0 bridgehead atoms. The second-order valence-corrected chi connectivity index (χ2v) is 6.40. The number of anilines is 1. The van der Waals surface area contributed by atoms with E-state index in [1.165, 1.54) is 37.4 Å². The molecule has 1 aromatic heterocycles. The van der Waals surface area contributed by atoms with Crippen LogP contribution in [0.2, 0.25) is 5.15 Å². The van der Waals surface area contributed by atoms with Gasteiger partial charge in [0.1, 0.15) is 16.7 Å². The van der Waals surface area contributed by atoms with Crippen molar-refractivity contribution in [2.24, 2.45) is 0 Å². The number of methoxy groups -OCH3 is 1. The molecule has 29 heavy (non-hydrogen) atoms. The van der Waals surface area contributed by atoms with Crippen LogP contribution in [-0.4, -0.2) is 44.1 Å². The summed E-state index contributed by atoms with van der Waals surface area (Å²) in [5, 5.41) is 1.96. The molecule has 0 unspecified atom stereocenters. The first-order valence-corrected chi connectivity index (χ1v) is 9.31. The molecular weight excluding hydrogens is 439 g/mol. The summed E-state index contributed by atoms with van der Waals surface area (Å²) >= 11 is 5.73. The summed E-state index contributed by atoms with van der Waals surface area (Å²) in [7, 11) is -3.45. The number of ether oxygens (including phenoxy) is 2. The fourth-order valence-electron chi connectivity index (χ4n) is 1.83. The molecule has 1 heterocycles. The van der Waals surface area contributed by atoms with Gasteiger partial charge >= 0.3 is 45.8 Å². The average molecular weight is 453 g/mol. The minimum Gasteiger partial charge on any atom is -0.481 e. The molecule has 0 saturated heterocycles. The van der Waals surface area contributed by atoms with E-state index in [0.29, 0.717) is 0 Å². The normalized spacial score (nSPS) is 10.3. The van der Waals surface area contributed by atoms with Crippen LogP contribution in [0.15, 0.2) is 30.3 Å². The molecule has 0 aliphatic rings. The third-order valence-electron chi connectivity index (χ3n) is 2.87. The number of carbonyl (C=O) groups excluding carboxylic acids is 2. The van der Waals surface area contributed by atoms with Crippen LogP contribution in [-0.2, 0) is 15.0 Å². The second kappa shape index (κ2) is 11.2. The van der Waals surface area contributed by atoms with Crippen LogP contribution in [0.5, 0.6) is 11.6 Å². The SMILES string of the molecule is CCOC(=O)c1ccccc1OS(=O)(=O)[N-]C(=O)Nc1nc(Cl)cc(OC)n1.[Na+]. The van der Waals surface area contributed by atoms with Crippen molar-refractivity contribution in [2.75, 3.05) is 19.0 Å². The van der Waals surface area contributed by atoms with Gasteiger partial charge in [0.05, 0.1) is 13.7 Å². The molecule has 14 heteroatoms. The monoisotopic (exact) mass is 452 g/mol. The second-order valence-electron chi connectivity index (χ2n) is 4.81. The van der Waals surface area contributed by atoms with Gasteiger partial charge in [0.15, 0.2) is 11.8 Å². The molecular formula is C15H14ClN4NaO7S. The number of nitrogens with one attached hydrogen (secondary N) is 1. The number of urea groups is 1. The quantitative estimate of drug-likeness (QED) is 0.335. The Morgan fingerprint density at radius 2 is 1.93 bits per heavy atom. The van der Waals surface area contributed by atoms with E-state index in [0.717, 1.165) is 0 Å². The van der Waals surface area contributed by atoms with Gasteiger partial charge in [0.25, 0.3) is 0 Å². The molecule has 0 aliphatic carbocycles. The molecule has 2 rings (SSSR count). The first-order valence-electron chi connectivity index (χ1n) is 7.57. The number of para-hydroxylation sites is 1. The van der Waals surface area contributed by atoms with Crippen LogP contribution in [0.3, 0.4) is 0 Å². The predicted molar refractivity (Wildman–Crippen MR) is 97.9 cm³/mol. The van der Waals surface area contributed by atoms with Crippen molar-refractivity contribution >= 4 is 39.9 Å². The van der Waals surface area contributed by atoms with E-state index in [1.54, 1.807) is 6.92 Å². The topological polar surface area (TPSA) is 148 Å². The Balaban J connectivity index is 0.00000420. The van der Waals surface area contributed by atoms with Gasteiger partial charge in [-0.2, -0.15) is 13.4 Å². The molecule has 0 radical (unpaired) electrons. The van der Waals surface area contributed by atoms with Crippen molar-refractivity contribution in [1.29, 1.82) is 0 Å². The molecule has 2 amide bonds. The third-order valence-corrected chi connectivity index (χ3v) is 3.84. The Bertz CT molecular complexity index is 990. The summed E-state index contributed by atoms with van der Waals surface area (Å²) < 4.78 is 41.4. The number of carbonyl (C=O) groups is 2. The maximum absolute atomic E-state index is 12.0. The third kappa shape index (κ3) is 7.66. The molecule has 1 aromatic carbocycles. The average Bonchev–Trinajstić information content (AvgIpc) is 2.60. The van der Waals surface area contributed by atoms with Gasteiger partial charge < -0.3 is 19.0 Å². The van der Waals surface area contributed by atoms with Gasteiger partial charge in [-0.05, 0) is 19.1 Å². The van der Waals surface area contributed by atoms with Crippen molar-refractivity contribution < 1.29 is 61.2 Å². The summed E-state index contributed by atoms with van der Waals surface area (Å²) in [6.45, 7) is 1.67. The minimum absolute atomic E-state index is 0. The number of aromatic nitrogens is 2. The smallest absolute Gasteiger partial charge is 0.481 e. The van der Waals surface area contributed by atoms with Crippen molar-refractivity contribution in [3.8, 4) is 11.6 Å². The summed E-state index contributed by atoms with van der Waals surface area (Å²) in [5.74, 6) is -1.44. The Hall–Kier alpha value is -2.12. The maximum Gasteiger partial charge on any atom is 1.00 e. The van der Waals surface area contributed by atoms with E-state index in [-0.39, 0.29) is 64.5 Å². The molecule has 2 aromatic rings. The minimum atomic E-state index is -4.77. The largest absolute Gasteiger partial charge is 1.00 e. The first kappa shape index (κ1) is 24.9. The zero-order valence-electron chi connectivity index (χ0n) is 15.6. The summed E-state index contributed by atoms with van der Waals surface area (Å²) in [6.07, 6.45) is 0. The Morgan fingerprint density at radius 3 is 2.59 bits per heavy atom. The fraction of sp³-hybridized carbons (Fsp3) is 0.200. The van der Waals surface area contributed by atoms with E-state index in [4.69, 9.17) is 25.3 Å². The van der Waals surface area contributed by atoms with Gasteiger partial charge in [-0.3, -0.25) is 9.52 Å². The summed E-state index contributed by atoms with van der Waals surface area (Å²) in [4.78, 5) is 31.2. The number of amides is 2. The molecule has 0 saturated carbocycles. The van der Waals surface area contributed by atoms with Crippen molar-refractivity contribution in [1.82, 2.24) is 9.97 Å². The number of nitrogens with zero attached hydrogens (tertiary/aromatic N) is 3. The zero-order chi connectivity index (χ0) is 20.7. The number of benzene rings is 1. The molecule has 0 spiro atoms. The number of rotatable bonds is 7. The number of halogens is 1. The van der Waals surface area contributed by atoms with Gasteiger partial charge in [-0.15, -0.1) is 0 Å². The van der Waals surface area contributed by atoms with E-state index >= 15 is 0 Å². The molecule has 0 fully saturated rings. The van der Waals surface area contributed by atoms with E-state index < -0.39 is 22.3 Å². The van der Waals surface area contributed by atoms with Crippen molar-refractivity contribution in [3.63, 3.8) is 0 Å². The Morgan fingerprint density at radius 1 is 1.24 bits per heavy atom.